The van der Waals surface area contributed by atoms with Crippen LogP contribution in [0.3, 0.4) is 0 Å². The van der Waals surface area contributed by atoms with Crippen molar-refractivity contribution in [3.8, 4) is 5.75 Å². The van der Waals surface area contributed by atoms with Crippen LogP contribution >= 0.6 is 0 Å². The molecule has 0 fully saturated rings. The summed E-state index contributed by atoms with van der Waals surface area (Å²) in [5, 5.41) is 13.8. The van der Waals surface area contributed by atoms with Crippen LogP contribution in [0.5, 0.6) is 5.75 Å². The first kappa shape index (κ1) is 21.6. The topological polar surface area (TPSA) is 80.2 Å². The van der Waals surface area contributed by atoms with Gasteiger partial charge in [0, 0.05) is 18.0 Å². The van der Waals surface area contributed by atoms with Gasteiger partial charge in [-0.05, 0) is 31.9 Å². The highest BCUT2D eigenvalue weighted by molar-refractivity contribution is 5.78. The summed E-state index contributed by atoms with van der Waals surface area (Å²) in [7, 11) is 0. The zero-order chi connectivity index (χ0) is 19.1. The number of nitrogens with zero attached hydrogens (tertiary/aromatic N) is 3. The van der Waals surface area contributed by atoms with E-state index in [0.29, 0.717) is 30.4 Å². The van der Waals surface area contributed by atoms with Gasteiger partial charge in [0.1, 0.15) is 12.4 Å². The first-order chi connectivity index (χ1) is 13.2. The predicted molar refractivity (Wildman–Crippen MR) is 114 cm³/mol. The lowest BCUT2D eigenvalue weighted by Gasteiger charge is -2.20. The highest BCUT2D eigenvalue weighted by Crippen LogP contribution is 2.24. The molecule has 0 radical (unpaired) electrons. The van der Waals surface area contributed by atoms with Crippen LogP contribution in [-0.4, -0.2) is 32.7 Å². The number of aryl methyl sites for hydroxylation is 1. The van der Waals surface area contributed by atoms with Gasteiger partial charge < -0.3 is 15.2 Å². The zero-order valence-electron chi connectivity index (χ0n) is 15.9. The fourth-order valence-electron chi connectivity index (χ4n) is 2.99. The third kappa shape index (κ3) is 5.63. The monoisotopic (exact) mass is 382 g/mol. The van der Waals surface area contributed by atoms with E-state index in [4.69, 9.17) is 4.74 Å². The Balaban J connectivity index is 0.00000280. The van der Waals surface area contributed by atoms with Gasteiger partial charge in [-0.25, -0.2) is 15.0 Å². The van der Waals surface area contributed by atoms with Crippen molar-refractivity contribution in [2.75, 3.05) is 11.9 Å². The number of para-hydroxylation sites is 1. The lowest BCUT2D eigenvalue weighted by Crippen LogP contribution is -2.22. The number of fused-ring (bicyclic) bond motifs is 1. The van der Waals surface area contributed by atoms with E-state index in [9.17, 15) is 5.11 Å². The van der Waals surface area contributed by atoms with Crippen LogP contribution in [0.15, 0.2) is 42.6 Å². The number of ether oxygens (including phenoxy) is 1. The van der Waals surface area contributed by atoms with E-state index in [1.165, 1.54) is 0 Å². The lowest BCUT2D eigenvalue weighted by atomic mass is 10.1. The average Bonchev–Trinajstić information content (AvgIpc) is 2.67. The molecule has 0 amide bonds. The van der Waals surface area contributed by atoms with Crippen molar-refractivity contribution >= 4 is 16.7 Å². The van der Waals surface area contributed by atoms with Gasteiger partial charge in [-0.1, -0.05) is 45.0 Å². The Morgan fingerprint density at radius 2 is 1.93 bits per heavy atom. The molecule has 3 rings (SSSR count). The molecule has 0 aliphatic rings. The third-order valence-corrected chi connectivity index (χ3v) is 4.36. The first-order valence-electron chi connectivity index (χ1n) is 9.38. The van der Waals surface area contributed by atoms with Crippen molar-refractivity contribution in [1.29, 1.82) is 0 Å². The maximum Gasteiger partial charge on any atom is 0.180 e. The molecule has 0 aliphatic heterocycles. The van der Waals surface area contributed by atoms with Gasteiger partial charge in [-0.2, -0.15) is 0 Å². The number of nitrogens with one attached hydrogen (secondary N) is 1. The summed E-state index contributed by atoms with van der Waals surface area (Å²) in [5.41, 5.74) is 1.80. The number of hydrogen-bond donors (Lipinski definition) is 2. The Morgan fingerprint density at radius 3 is 2.71 bits per heavy atom. The zero-order valence-corrected chi connectivity index (χ0v) is 15.9. The molecule has 0 spiro atoms. The molecule has 2 heterocycles. The minimum Gasteiger partial charge on any atom is -0.482 e. The highest BCUT2D eigenvalue weighted by Gasteiger charge is 2.13. The summed E-state index contributed by atoms with van der Waals surface area (Å²) in [6.45, 7) is 4.45. The van der Waals surface area contributed by atoms with Crippen LogP contribution in [0.4, 0.5) is 5.82 Å². The summed E-state index contributed by atoms with van der Waals surface area (Å²) >= 11 is 0. The van der Waals surface area contributed by atoms with Gasteiger partial charge in [-0.3, -0.25) is 0 Å². The summed E-state index contributed by atoms with van der Waals surface area (Å²) in [6.07, 6.45) is 4.34. The lowest BCUT2D eigenvalue weighted by molar-refractivity contribution is 0.275. The molecule has 0 saturated heterocycles. The van der Waals surface area contributed by atoms with Crippen LogP contribution in [-0.2, 0) is 6.61 Å². The number of rotatable bonds is 9. The molecule has 0 unspecified atom stereocenters. The maximum atomic E-state index is 9.29. The maximum absolute atomic E-state index is 9.29. The van der Waals surface area contributed by atoms with Crippen LogP contribution < -0.4 is 10.1 Å². The summed E-state index contributed by atoms with van der Waals surface area (Å²) in [4.78, 5) is 13.4. The van der Waals surface area contributed by atoms with Gasteiger partial charge in [0.2, 0.25) is 0 Å². The Bertz CT molecular complexity index is 879. The van der Waals surface area contributed by atoms with Crippen molar-refractivity contribution in [2.24, 2.45) is 0 Å². The molecule has 2 N–H and O–H groups in total. The second-order valence-corrected chi connectivity index (χ2v) is 6.56. The summed E-state index contributed by atoms with van der Waals surface area (Å²) < 4.78 is 5.97. The molecule has 150 valence electrons. The second kappa shape index (κ2) is 10.6. The second-order valence-electron chi connectivity index (χ2n) is 6.56. The third-order valence-electron chi connectivity index (χ3n) is 4.36. The molecular weight excluding hydrogens is 352 g/mol. The van der Waals surface area contributed by atoms with Crippen molar-refractivity contribution in [1.82, 2.24) is 15.0 Å². The molecule has 1 aromatic carbocycles. The van der Waals surface area contributed by atoms with Crippen molar-refractivity contribution in [3.63, 3.8) is 0 Å². The smallest absolute Gasteiger partial charge is 0.180 e. The summed E-state index contributed by atoms with van der Waals surface area (Å²) in [6, 6.07) is 12.2. The largest absolute Gasteiger partial charge is 0.482 e. The van der Waals surface area contributed by atoms with E-state index in [1.807, 2.05) is 43.3 Å². The molecule has 2 aromatic heterocycles. The van der Waals surface area contributed by atoms with Crippen molar-refractivity contribution in [2.45, 2.75) is 53.2 Å². The normalized spacial score (nSPS) is 11.7. The Labute approximate surface area is 167 Å². The molecule has 6 heteroatoms. The highest BCUT2D eigenvalue weighted by atomic mass is 16.5. The Kier molecular flexibility index (Phi) is 8.14. The van der Waals surface area contributed by atoms with Gasteiger partial charge in [-0.15, -0.1) is 0 Å². The van der Waals surface area contributed by atoms with Gasteiger partial charge in [0.15, 0.2) is 11.6 Å². The molecule has 0 bridgehead atoms. The Hall–Kier alpha value is -2.73. The molecular formula is C22H30N4O2. The molecule has 0 saturated carbocycles. The molecule has 0 aliphatic carbocycles. The Morgan fingerprint density at radius 1 is 1.11 bits per heavy atom. The van der Waals surface area contributed by atoms with E-state index in [-0.39, 0.29) is 20.1 Å². The van der Waals surface area contributed by atoms with Crippen molar-refractivity contribution in [3.05, 3.63) is 54.1 Å². The molecule has 6 nitrogen and oxygen atoms in total. The number of aromatic nitrogens is 3. The van der Waals surface area contributed by atoms with Crippen LogP contribution in [0.1, 0.15) is 45.1 Å². The first-order valence-corrected chi connectivity index (χ1v) is 9.38. The number of anilines is 1. The number of aliphatic hydroxyl groups is 1. The van der Waals surface area contributed by atoms with Crippen LogP contribution in [0.2, 0.25) is 0 Å². The minimum absolute atomic E-state index is 0. The van der Waals surface area contributed by atoms with E-state index in [2.05, 4.69) is 27.2 Å². The SMILES string of the molecule is C.CCC[C@@H](CCO)Nc1nc(C)ncc1OCc1ccc2ccccc2n1. The van der Waals surface area contributed by atoms with Gasteiger partial charge in [0.25, 0.3) is 0 Å². The molecule has 28 heavy (non-hydrogen) atoms. The van der Waals surface area contributed by atoms with Crippen molar-refractivity contribution < 1.29 is 9.84 Å². The number of benzene rings is 1. The fraction of sp³-hybridized carbons (Fsp3) is 0.409. The molecule has 1 atom stereocenters. The van der Waals surface area contributed by atoms with Crippen LogP contribution in [0.25, 0.3) is 10.9 Å². The number of hydrogen-bond acceptors (Lipinski definition) is 6. The number of aliphatic hydroxyl groups excluding tert-OH is 1. The van der Waals surface area contributed by atoms with E-state index >= 15 is 0 Å². The van der Waals surface area contributed by atoms with E-state index < -0.39 is 0 Å². The fourth-order valence-corrected chi connectivity index (χ4v) is 2.99. The standard InChI is InChI=1S/C21H26N4O2.CH4/c1-3-6-17(11-12-26)25-21-20(13-22-15(2)23-21)27-14-18-10-9-16-7-4-5-8-19(16)24-18;/h4-5,7-10,13,17,26H,3,6,11-12,14H2,1-2H3,(H,22,23,25);1H4/t17-;/m0./s1. The van der Waals surface area contributed by atoms with Crippen LogP contribution in [0, 0.1) is 6.92 Å². The van der Waals surface area contributed by atoms with E-state index in [1.54, 1.807) is 6.20 Å². The minimum atomic E-state index is 0. The average molecular weight is 383 g/mol. The van der Waals surface area contributed by atoms with Gasteiger partial charge >= 0.3 is 0 Å². The predicted octanol–water partition coefficient (Wildman–Crippen LogP) is 4.51. The quantitative estimate of drug-likeness (QED) is 0.567. The van der Waals surface area contributed by atoms with Gasteiger partial charge in [0.05, 0.1) is 17.4 Å². The van der Waals surface area contributed by atoms with E-state index in [0.717, 1.165) is 29.4 Å². The summed E-state index contributed by atoms with van der Waals surface area (Å²) in [5.74, 6) is 1.93. The molecule has 3 aromatic rings. The number of pyridine rings is 1.